The molecule has 0 saturated carbocycles. The van der Waals surface area contributed by atoms with E-state index in [1.165, 1.54) is 11.6 Å². The molecule has 1 saturated heterocycles. The molecule has 6 nitrogen and oxygen atoms in total. The Morgan fingerprint density at radius 1 is 1.26 bits per heavy atom. The predicted octanol–water partition coefficient (Wildman–Crippen LogP) is 3.44. The van der Waals surface area contributed by atoms with Crippen molar-refractivity contribution in [3.8, 4) is 6.07 Å². The lowest BCUT2D eigenvalue weighted by Gasteiger charge is -2.37. The van der Waals surface area contributed by atoms with Crippen LogP contribution in [0.4, 0.5) is 5.82 Å². The maximum atomic E-state index is 11.6. The zero-order valence-electron chi connectivity index (χ0n) is 17.5. The number of benzene rings is 1. The van der Waals surface area contributed by atoms with Crippen LogP contribution in [0.5, 0.6) is 0 Å². The highest BCUT2D eigenvalue weighted by atomic mass is 35.5. The second-order valence-electron chi connectivity index (χ2n) is 8.09. The second-order valence-corrected chi connectivity index (χ2v) is 8.45. The van der Waals surface area contributed by atoms with Gasteiger partial charge in [0.2, 0.25) is 5.91 Å². The summed E-state index contributed by atoms with van der Waals surface area (Å²) in [5.74, 6) is 0.765. The first-order chi connectivity index (χ1) is 15.1. The first kappa shape index (κ1) is 21.4. The summed E-state index contributed by atoms with van der Waals surface area (Å²) in [7, 11) is 0. The third kappa shape index (κ3) is 4.73. The lowest BCUT2D eigenvalue weighted by Crippen LogP contribution is -2.45. The van der Waals surface area contributed by atoms with Crippen LogP contribution in [-0.2, 0) is 24.3 Å². The standard InChI is InChI=1S/C24H26ClN5O/c1-2-22(31)27-18-8-12-30(13-9-18)24-19-10-11-29(15-17-6-4-3-5-7-17)16-21(19)20(14-26)23(25)28-24/h2-7,18H,1,8-13,15-16H2,(H,27,31). The number of nitrogens with one attached hydrogen (secondary N) is 1. The minimum Gasteiger partial charge on any atom is -0.356 e. The summed E-state index contributed by atoms with van der Waals surface area (Å²) in [6, 6.07) is 12.8. The lowest BCUT2D eigenvalue weighted by molar-refractivity contribution is -0.117. The number of rotatable bonds is 5. The van der Waals surface area contributed by atoms with E-state index in [0.29, 0.717) is 12.1 Å². The SMILES string of the molecule is C=CC(=O)NC1CCN(c2nc(Cl)c(C#N)c3c2CCN(Cc2ccccc2)C3)CC1. The Bertz CT molecular complexity index is 1010. The van der Waals surface area contributed by atoms with Gasteiger partial charge in [-0.1, -0.05) is 48.5 Å². The molecule has 1 aromatic carbocycles. The number of anilines is 1. The van der Waals surface area contributed by atoms with Crippen molar-refractivity contribution < 1.29 is 4.79 Å². The minimum absolute atomic E-state index is 0.131. The van der Waals surface area contributed by atoms with E-state index < -0.39 is 0 Å². The number of fused-ring (bicyclic) bond motifs is 1. The largest absolute Gasteiger partial charge is 0.356 e. The molecule has 2 aliphatic rings. The maximum Gasteiger partial charge on any atom is 0.243 e. The highest BCUT2D eigenvalue weighted by Gasteiger charge is 2.29. The fourth-order valence-corrected chi connectivity index (χ4v) is 4.72. The zero-order chi connectivity index (χ0) is 21.8. The Morgan fingerprint density at radius 2 is 2.00 bits per heavy atom. The molecule has 0 radical (unpaired) electrons. The molecule has 1 aromatic heterocycles. The zero-order valence-corrected chi connectivity index (χ0v) is 18.2. The molecular formula is C24H26ClN5O. The van der Waals surface area contributed by atoms with Crippen LogP contribution in [0.3, 0.4) is 0 Å². The summed E-state index contributed by atoms with van der Waals surface area (Å²) in [5.41, 5.74) is 3.89. The number of aromatic nitrogens is 1. The predicted molar refractivity (Wildman–Crippen MR) is 122 cm³/mol. The molecule has 0 aliphatic carbocycles. The van der Waals surface area contributed by atoms with Crippen molar-refractivity contribution in [1.82, 2.24) is 15.2 Å². The van der Waals surface area contributed by atoms with Gasteiger partial charge in [-0.25, -0.2) is 4.98 Å². The number of nitrogens with zero attached hydrogens (tertiary/aromatic N) is 4. The molecule has 160 valence electrons. The van der Waals surface area contributed by atoms with Crippen LogP contribution in [-0.4, -0.2) is 41.5 Å². The Labute approximate surface area is 188 Å². The number of halogens is 1. The van der Waals surface area contributed by atoms with Gasteiger partial charge in [0.05, 0.1) is 5.56 Å². The molecular weight excluding hydrogens is 410 g/mol. The van der Waals surface area contributed by atoms with Crippen molar-refractivity contribution in [2.75, 3.05) is 24.5 Å². The van der Waals surface area contributed by atoms with Gasteiger partial charge in [0.25, 0.3) is 0 Å². The number of carbonyl (C=O) groups excluding carboxylic acids is 1. The summed E-state index contributed by atoms with van der Waals surface area (Å²) in [5, 5.41) is 13.0. The fourth-order valence-electron chi connectivity index (χ4n) is 4.48. The summed E-state index contributed by atoms with van der Waals surface area (Å²) in [4.78, 5) is 20.8. The number of hydrogen-bond acceptors (Lipinski definition) is 5. The fraction of sp³-hybridized carbons (Fsp3) is 0.375. The van der Waals surface area contributed by atoms with Crippen molar-refractivity contribution in [3.05, 3.63) is 70.4 Å². The number of amides is 1. The summed E-state index contributed by atoms with van der Waals surface area (Å²) >= 11 is 6.46. The van der Waals surface area contributed by atoms with Crippen molar-refractivity contribution in [2.24, 2.45) is 0 Å². The van der Waals surface area contributed by atoms with Crippen LogP contribution < -0.4 is 10.2 Å². The first-order valence-corrected chi connectivity index (χ1v) is 11.0. The third-order valence-electron chi connectivity index (χ3n) is 6.09. The molecule has 3 heterocycles. The summed E-state index contributed by atoms with van der Waals surface area (Å²) < 4.78 is 0. The van der Waals surface area contributed by atoms with E-state index in [-0.39, 0.29) is 17.1 Å². The van der Waals surface area contributed by atoms with Gasteiger partial charge in [0.15, 0.2) is 0 Å². The Morgan fingerprint density at radius 3 is 2.68 bits per heavy atom. The van der Waals surface area contributed by atoms with E-state index in [1.807, 2.05) is 18.2 Å². The van der Waals surface area contributed by atoms with Crippen molar-refractivity contribution >= 4 is 23.3 Å². The molecule has 0 atom stereocenters. The molecule has 0 bridgehead atoms. The first-order valence-electron chi connectivity index (χ1n) is 10.6. The topological polar surface area (TPSA) is 72.3 Å². The van der Waals surface area contributed by atoms with Crippen molar-refractivity contribution in [2.45, 2.75) is 38.4 Å². The van der Waals surface area contributed by atoms with E-state index >= 15 is 0 Å². The van der Waals surface area contributed by atoms with Gasteiger partial charge in [0, 0.05) is 44.3 Å². The van der Waals surface area contributed by atoms with E-state index in [4.69, 9.17) is 11.6 Å². The molecule has 4 rings (SSSR count). The molecule has 1 fully saturated rings. The Balaban J connectivity index is 1.54. The summed E-state index contributed by atoms with van der Waals surface area (Å²) in [6.07, 6.45) is 3.83. The quantitative estimate of drug-likeness (QED) is 0.575. The Hall–Kier alpha value is -2.88. The van der Waals surface area contributed by atoms with E-state index in [0.717, 1.165) is 62.4 Å². The molecule has 2 aromatic rings. The van der Waals surface area contributed by atoms with E-state index in [1.54, 1.807) is 0 Å². The van der Waals surface area contributed by atoms with E-state index in [9.17, 15) is 10.1 Å². The summed E-state index contributed by atoms with van der Waals surface area (Å²) in [6.45, 7) is 7.54. The van der Waals surface area contributed by atoms with Crippen LogP contribution in [0.1, 0.15) is 35.1 Å². The highest BCUT2D eigenvalue weighted by molar-refractivity contribution is 6.30. The van der Waals surface area contributed by atoms with E-state index in [2.05, 4.69) is 44.9 Å². The molecule has 31 heavy (non-hydrogen) atoms. The van der Waals surface area contributed by atoms with Crippen LogP contribution in [0.15, 0.2) is 43.0 Å². The molecule has 7 heteroatoms. The Kier molecular flexibility index (Phi) is 6.55. The number of hydrogen-bond donors (Lipinski definition) is 1. The number of piperidine rings is 1. The van der Waals surface area contributed by atoms with Crippen LogP contribution in [0, 0.1) is 11.3 Å². The average molecular weight is 436 g/mol. The van der Waals surface area contributed by atoms with Gasteiger partial charge < -0.3 is 10.2 Å². The van der Waals surface area contributed by atoms with Gasteiger partial charge >= 0.3 is 0 Å². The molecule has 0 unspecified atom stereocenters. The third-order valence-corrected chi connectivity index (χ3v) is 6.37. The van der Waals surface area contributed by atoms with Crippen LogP contribution >= 0.6 is 11.6 Å². The van der Waals surface area contributed by atoms with Gasteiger partial charge in [-0.05, 0) is 36.5 Å². The maximum absolute atomic E-state index is 11.6. The average Bonchev–Trinajstić information content (AvgIpc) is 2.79. The number of carbonyl (C=O) groups is 1. The monoisotopic (exact) mass is 435 g/mol. The lowest BCUT2D eigenvalue weighted by atomic mass is 9.95. The smallest absolute Gasteiger partial charge is 0.243 e. The number of pyridine rings is 1. The van der Waals surface area contributed by atoms with Gasteiger partial charge in [0.1, 0.15) is 17.0 Å². The highest BCUT2D eigenvalue weighted by Crippen LogP contribution is 2.35. The van der Waals surface area contributed by atoms with Gasteiger partial charge in [-0.15, -0.1) is 0 Å². The second kappa shape index (κ2) is 9.51. The molecule has 1 N–H and O–H groups in total. The van der Waals surface area contributed by atoms with Crippen LogP contribution in [0.25, 0.3) is 0 Å². The van der Waals surface area contributed by atoms with Gasteiger partial charge in [-0.2, -0.15) is 5.26 Å². The van der Waals surface area contributed by atoms with Crippen molar-refractivity contribution in [1.29, 1.82) is 5.26 Å². The molecule has 1 amide bonds. The molecule has 0 spiro atoms. The number of nitriles is 1. The van der Waals surface area contributed by atoms with Crippen LogP contribution in [0.2, 0.25) is 5.15 Å². The van der Waals surface area contributed by atoms with Crippen molar-refractivity contribution in [3.63, 3.8) is 0 Å². The minimum atomic E-state index is -0.131. The molecule has 2 aliphatic heterocycles. The normalized spacial score (nSPS) is 17.0. The van der Waals surface area contributed by atoms with Gasteiger partial charge in [-0.3, -0.25) is 9.69 Å².